The summed E-state index contributed by atoms with van der Waals surface area (Å²) >= 11 is 0. The number of amides is 2. The Labute approximate surface area is 142 Å². The Hall–Kier alpha value is -2.62. The zero-order valence-electron chi connectivity index (χ0n) is 14.9. The van der Waals surface area contributed by atoms with E-state index in [0.717, 1.165) is 4.90 Å². The maximum absolute atomic E-state index is 12.3. The first-order valence-corrected chi connectivity index (χ1v) is 7.50. The van der Waals surface area contributed by atoms with E-state index in [1.807, 2.05) is 6.07 Å². The molecule has 0 spiro atoms. The van der Waals surface area contributed by atoms with Gasteiger partial charge in [-0.05, 0) is 53.2 Å². The maximum atomic E-state index is 12.3. The average Bonchev–Trinajstić information content (AvgIpc) is 2.41. The van der Waals surface area contributed by atoms with Gasteiger partial charge in [-0.1, -0.05) is 6.07 Å². The lowest BCUT2D eigenvalue weighted by molar-refractivity contribution is -0.000257. The van der Waals surface area contributed by atoms with Gasteiger partial charge in [-0.15, -0.1) is 0 Å². The van der Waals surface area contributed by atoms with E-state index in [4.69, 9.17) is 14.7 Å². The molecule has 7 heteroatoms. The van der Waals surface area contributed by atoms with Crippen LogP contribution in [0.15, 0.2) is 18.3 Å². The lowest BCUT2D eigenvalue weighted by atomic mass is 10.2. The van der Waals surface area contributed by atoms with Gasteiger partial charge < -0.3 is 9.47 Å². The standard InChI is InChI=1S/C17H23N3O4/c1-16(2,3)23-14(21)20(15(22)24-17(4,5)6)11-12-7-8-13(9-18)19-10-12/h7-8,10H,11H2,1-6H3. The number of carbonyl (C=O) groups is 2. The minimum absolute atomic E-state index is 0.0669. The van der Waals surface area contributed by atoms with Gasteiger partial charge in [0.25, 0.3) is 0 Å². The fraction of sp³-hybridized carbons (Fsp3) is 0.529. The highest BCUT2D eigenvalue weighted by molar-refractivity contribution is 5.88. The summed E-state index contributed by atoms with van der Waals surface area (Å²) in [6.07, 6.45) is -0.178. The number of aromatic nitrogens is 1. The van der Waals surface area contributed by atoms with Crippen LogP contribution in [0.5, 0.6) is 0 Å². The second-order valence-corrected chi connectivity index (χ2v) is 7.21. The highest BCUT2D eigenvalue weighted by atomic mass is 16.6. The molecule has 24 heavy (non-hydrogen) atoms. The van der Waals surface area contributed by atoms with Crippen molar-refractivity contribution in [3.05, 3.63) is 29.6 Å². The summed E-state index contributed by atoms with van der Waals surface area (Å²) in [5.41, 5.74) is -0.675. The molecule has 0 aliphatic rings. The summed E-state index contributed by atoms with van der Waals surface area (Å²) in [5.74, 6) is 0. The molecule has 1 rings (SSSR count). The number of pyridine rings is 1. The predicted octanol–water partition coefficient (Wildman–Crippen LogP) is 3.63. The largest absolute Gasteiger partial charge is 0.443 e. The van der Waals surface area contributed by atoms with Crippen molar-refractivity contribution >= 4 is 12.2 Å². The Morgan fingerprint density at radius 2 is 1.58 bits per heavy atom. The number of nitrogens with zero attached hydrogens (tertiary/aromatic N) is 3. The van der Waals surface area contributed by atoms with Crippen LogP contribution in [0.3, 0.4) is 0 Å². The second kappa shape index (κ2) is 7.30. The van der Waals surface area contributed by atoms with E-state index in [9.17, 15) is 9.59 Å². The highest BCUT2D eigenvalue weighted by Crippen LogP contribution is 2.16. The SMILES string of the molecule is CC(C)(C)OC(=O)N(Cc1ccc(C#N)nc1)C(=O)OC(C)(C)C. The number of hydrogen-bond acceptors (Lipinski definition) is 6. The Balaban J connectivity index is 3.01. The van der Waals surface area contributed by atoms with Crippen molar-refractivity contribution in [1.29, 1.82) is 5.26 Å². The zero-order valence-corrected chi connectivity index (χ0v) is 14.9. The smallest absolute Gasteiger partial charge is 0.420 e. The third-order valence-electron chi connectivity index (χ3n) is 2.51. The molecule has 0 saturated heterocycles. The number of hydrogen-bond donors (Lipinski definition) is 0. The van der Waals surface area contributed by atoms with Crippen molar-refractivity contribution in [2.75, 3.05) is 0 Å². The lowest BCUT2D eigenvalue weighted by Crippen LogP contribution is -2.43. The fourth-order valence-electron chi connectivity index (χ4n) is 1.60. The quantitative estimate of drug-likeness (QED) is 0.820. The van der Waals surface area contributed by atoms with E-state index >= 15 is 0 Å². The molecular weight excluding hydrogens is 310 g/mol. The highest BCUT2D eigenvalue weighted by Gasteiger charge is 2.31. The van der Waals surface area contributed by atoms with Crippen molar-refractivity contribution in [1.82, 2.24) is 9.88 Å². The molecule has 7 nitrogen and oxygen atoms in total. The van der Waals surface area contributed by atoms with Crippen LogP contribution in [0.25, 0.3) is 0 Å². The minimum Gasteiger partial charge on any atom is -0.443 e. The van der Waals surface area contributed by atoms with Crippen LogP contribution in [-0.2, 0) is 16.0 Å². The van der Waals surface area contributed by atoms with Crippen LogP contribution in [0.1, 0.15) is 52.8 Å². The van der Waals surface area contributed by atoms with Gasteiger partial charge in [0.1, 0.15) is 23.0 Å². The first-order chi connectivity index (χ1) is 10.9. The van der Waals surface area contributed by atoms with Gasteiger partial charge in [-0.3, -0.25) is 0 Å². The van der Waals surface area contributed by atoms with Crippen molar-refractivity contribution < 1.29 is 19.1 Å². The number of rotatable bonds is 2. The van der Waals surface area contributed by atoms with Crippen LogP contribution in [0.4, 0.5) is 9.59 Å². The number of nitriles is 1. The first-order valence-electron chi connectivity index (χ1n) is 7.50. The number of imide groups is 1. The molecule has 0 aromatic carbocycles. The molecule has 0 saturated carbocycles. The van der Waals surface area contributed by atoms with Crippen LogP contribution in [0.2, 0.25) is 0 Å². The molecule has 2 amide bonds. The fourth-order valence-corrected chi connectivity index (χ4v) is 1.60. The van der Waals surface area contributed by atoms with Gasteiger partial charge in [-0.25, -0.2) is 19.5 Å². The normalized spacial score (nSPS) is 11.4. The molecule has 0 N–H and O–H groups in total. The average molecular weight is 333 g/mol. The molecule has 0 aliphatic heterocycles. The summed E-state index contributed by atoms with van der Waals surface area (Å²) < 4.78 is 10.5. The summed E-state index contributed by atoms with van der Waals surface area (Å²) in [4.78, 5) is 29.5. The van der Waals surface area contributed by atoms with Gasteiger partial charge in [-0.2, -0.15) is 5.26 Å². The molecule has 1 aromatic rings. The molecule has 1 aromatic heterocycles. The van der Waals surface area contributed by atoms with Gasteiger partial charge in [0, 0.05) is 6.20 Å². The van der Waals surface area contributed by atoms with E-state index in [1.165, 1.54) is 12.3 Å². The van der Waals surface area contributed by atoms with E-state index in [1.54, 1.807) is 47.6 Å². The summed E-state index contributed by atoms with van der Waals surface area (Å²) in [6.45, 7) is 10.2. The van der Waals surface area contributed by atoms with E-state index < -0.39 is 23.4 Å². The molecule has 0 atom stereocenters. The van der Waals surface area contributed by atoms with Crippen molar-refractivity contribution in [2.45, 2.75) is 59.3 Å². The Morgan fingerprint density at radius 1 is 1.08 bits per heavy atom. The van der Waals surface area contributed by atoms with Gasteiger partial charge >= 0.3 is 12.2 Å². The molecular formula is C17H23N3O4. The molecule has 0 fully saturated rings. The first kappa shape index (κ1) is 19.4. The zero-order chi connectivity index (χ0) is 18.5. The monoisotopic (exact) mass is 333 g/mol. The maximum Gasteiger partial charge on any atom is 0.420 e. The summed E-state index contributed by atoms with van der Waals surface area (Å²) in [6, 6.07) is 5.04. The molecule has 1 heterocycles. The minimum atomic E-state index is -0.805. The molecule has 0 aliphatic carbocycles. The predicted molar refractivity (Wildman–Crippen MR) is 87.0 cm³/mol. The third kappa shape index (κ3) is 6.65. The van der Waals surface area contributed by atoms with Crippen LogP contribution in [0, 0.1) is 11.3 Å². The molecule has 130 valence electrons. The van der Waals surface area contributed by atoms with E-state index in [2.05, 4.69) is 4.98 Å². The van der Waals surface area contributed by atoms with Crippen molar-refractivity contribution in [2.24, 2.45) is 0 Å². The van der Waals surface area contributed by atoms with Crippen LogP contribution in [-0.4, -0.2) is 33.3 Å². The van der Waals surface area contributed by atoms with E-state index in [0.29, 0.717) is 5.56 Å². The Kier molecular flexibility index (Phi) is 5.91. The van der Waals surface area contributed by atoms with Gasteiger partial charge in [0.2, 0.25) is 0 Å². The van der Waals surface area contributed by atoms with Gasteiger partial charge in [0.05, 0.1) is 6.54 Å². The molecule has 0 unspecified atom stereocenters. The summed E-state index contributed by atoms with van der Waals surface area (Å²) in [5, 5.41) is 8.77. The topological polar surface area (TPSA) is 92.5 Å². The van der Waals surface area contributed by atoms with Crippen LogP contribution >= 0.6 is 0 Å². The lowest BCUT2D eigenvalue weighted by Gasteiger charge is -2.28. The van der Waals surface area contributed by atoms with Crippen molar-refractivity contribution in [3.63, 3.8) is 0 Å². The van der Waals surface area contributed by atoms with Crippen LogP contribution < -0.4 is 0 Å². The van der Waals surface area contributed by atoms with E-state index in [-0.39, 0.29) is 12.2 Å². The number of carbonyl (C=O) groups excluding carboxylic acids is 2. The summed E-state index contributed by atoms with van der Waals surface area (Å²) in [7, 11) is 0. The molecule has 0 radical (unpaired) electrons. The Morgan fingerprint density at radius 3 is 1.92 bits per heavy atom. The van der Waals surface area contributed by atoms with Gasteiger partial charge in [0.15, 0.2) is 0 Å². The van der Waals surface area contributed by atoms with Crippen molar-refractivity contribution in [3.8, 4) is 6.07 Å². The second-order valence-electron chi connectivity index (χ2n) is 7.21. The Bertz CT molecular complexity index is 606. The number of ether oxygens (including phenoxy) is 2. The third-order valence-corrected chi connectivity index (χ3v) is 2.51. The molecule has 0 bridgehead atoms.